The fourth-order valence-electron chi connectivity index (χ4n) is 3.38. The van der Waals surface area contributed by atoms with Crippen LogP contribution in [0.2, 0.25) is 0 Å². The molecule has 1 fully saturated rings. The van der Waals surface area contributed by atoms with Crippen molar-refractivity contribution in [3.8, 4) is 0 Å². The molecule has 114 valence electrons. The number of aromatic nitrogens is 2. The van der Waals surface area contributed by atoms with Gasteiger partial charge in [0.05, 0.1) is 6.20 Å². The molecule has 1 aromatic rings. The molecule has 0 aliphatic carbocycles. The lowest BCUT2D eigenvalue weighted by Gasteiger charge is -2.40. The van der Waals surface area contributed by atoms with Gasteiger partial charge in [0.25, 0.3) is 0 Å². The molecule has 2 rings (SSSR count). The standard InChI is InChI=1S/C16H30N4/c1-5-20-10-8-16(11-14(20)2)18(3)9-6-7-15-12-17-19(4)13-15/h12-14,16H,5-11H2,1-4H3. The largest absolute Gasteiger partial charge is 0.303 e. The van der Waals surface area contributed by atoms with Crippen LogP contribution in [0.25, 0.3) is 0 Å². The maximum atomic E-state index is 4.23. The van der Waals surface area contributed by atoms with Gasteiger partial charge >= 0.3 is 0 Å². The van der Waals surface area contributed by atoms with E-state index in [4.69, 9.17) is 0 Å². The average molecular weight is 278 g/mol. The Hall–Kier alpha value is -0.870. The zero-order valence-electron chi connectivity index (χ0n) is 13.5. The molecule has 2 atom stereocenters. The monoisotopic (exact) mass is 278 g/mol. The minimum absolute atomic E-state index is 0.736. The van der Waals surface area contributed by atoms with E-state index in [1.807, 2.05) is 17.9 Å². The Morgan fingerprint density at radius 3 is 2.85 bits per heavy atom. The molecule has 0 radical (unpaired) electrons. The van der Waals surface area contributed by atoms with Crippen molar-refractivity contribution in [3.63, 3.8) is 0 Å². The van der Waals surface area contributed by atoms with Crippen LogP contribution in [0.1, 0.15) is 38.7 Å². The molecule has 0 N–H and O–H groups in total. The number of hydrogen-bond donors (Lipinski definition) is 0. The molecular weight excluding hydrogens is 248 g/mol. The van der Waals surface area contributed by atoms with E-state index in [1.165, 1.54) is 44.5 Å². The normalized spacial score (nSPS) is 24.4. The molecule has 1 aliphatic heterocycles. The Bertz CT molecular complexity index is 401. The van der Waals surface area contributed by atoms with Gasteiger partial charge in [0.1, 0.15) is 0 Å². The maximum absolute atomic E-state index is 4.23. The van der Waals surface area contributed by atoms with Gasteiger partial charge in [-0.2, -0.15) is 5.10 Å². The summed E-state index contributed by atoms with van der Waals surface area (Å²) in [6, 6.07) is 1.50. The second-order valence-corrected chi connectivity index (χ2v) is 6.26. The maximum Gasteiger partial charge on any atom is 0.0521 e. The van der Waals surface area contributed by atoms with Gasteiger partial charge < -0.3 is 9.80 Å². The molecular formula is C16H30N4. The number of hydrogen-bond acceptors (Lipinski definition) is 3. The van der Waals surface area contributed by atoms with E-state index >= 15 is 0 Å². The zero-order valence-corrected chi connectivity index (χ0v) is 13.5. The van der Waals surface area contributed by atoms with Crippen LogP contribution in [-0.4, -0.2) is 58.3 Å². The third-order valence-corrected chi connectivity index (χ3v) is 4.75. The minimum atomic E-state index is 0.736. The molecule has 0 bridgehead atoms. The van der Waals surface area contributed by atoms with Crippen LogP contribution in [0, 0.1) is 0 Å². The summed E-state index contributed by atoms with van der Waals surface area (Å²) in [5.74, 6) is 0. The third kappa shape index (κ3) is 4.06. The number of rotatable bonds is 6. The molecule has 4 nitrogen and oxygen atoms in total. The minimum Gasteiger partial charge on any atom is -0.303 e. The molecule has 0 saturated carbocycles. The second-order valence-electron chi connectivity index (χ2n) is 6.26. The van der Waals surface area contributed by atoms with Crippen LogP contribution < -0.4 is 0 Å². The second kappa shape index (κ2) is 7.23. The van der Waals surface area contributed by atoms with Crippen molar-refractivity contribution in [3.05, 3.63) is 18.0 Å². The van der Waals surface area contributed by atoms with Crippen LogP contribution in [0.4, 0.5) is 0 Å². The fourth-order valence-corrected chi connectivity index (χ4v) is 3.38. The van der Waals surface area contributed by atoms with Crippen LogP contribution >= 0.6 is 0 Å². The molecule has 1 saturated heterocycles. The highest BCUT2D eigenvalue weighted by Gasteiger charge is 2.26. The topological polar surface area (TPSA) is 24.3 Å². The molecule has 2 unspecified atom stereocenters. The predicted molar refractivity (Wildman–Crippen MR) is 83.9 cm³/mol. The number of nitrogens with zero attached hydrogens (tertiary/aromatic N) is 4. The van der Waals surface area contributed by atoms with Crippen LogP contribution in [0.3, 0.4) is 0 Å². The van der Waals surface area contributed by atoms with Crippen LogP contribution in [0.5, 0.6) is 0 Å². The lowest BCUT2D eigenvalue weighted by molar-refractivity contribution is 0.0893. The number of piperidine rings is 1. The summed E-state index contributed by atoms with van der Waals surface area (Å²) in [6.07, 6.45) is 9.12. The van der Waals surface area contributed by atoms with Gasteiger partial charge in [0.2, 0.25) is 0 Å². The van der Waals surface area contributed by atoms with Crippen molar-refractivity contribution in [1.82, 2.24) is 19.6 Å². The van der Waals surface area contributed by atoms with E-state index in [9.17, 15) is 0 Å². The Balaban J connectivity index is 1.71. The first-order valence-corrected chi connectivity index (χ1v) is 8.02. The van der Waals surface area contributed by atoms with Crippen molar-refractivity contribution in [2.45, 2.75) is 51.6 Å². The van der Waals surface area contributed by atoms with Gasteiger partial charge in [0, 0.05) is 25.3 Å². The summed E-state index contributed by atoms with van der Waals surface area (Å²) < 4.78 is 1.89. The molecule has 1 aliphatic rings. The Kier molecular flexibility index (Phi) is 5.61. The van der Waals surface area contributed by atoms with E-state index in [-0.39, 0.29) is 0 Å². The molecule has 0 amide bonds. The first kappa shape index (κ1) is 15.5. The number of likely N-dealkylation sites (tertiary alicyclic amines) is 1. The lowest BCUT2D eigenvalue weighted by atomic mass is 9.97. The molecule has 0 spiro atoms. The quantitative estimate of drug-likeness (QED) is 0.797. The highest BCUT2D eigenvalue weighted by Crippen LogP contribution is 2.21. The SMILES string of the molecule is CCN1CCC(N(C)CCCc2cnn(C)c2)CC1C. The average Bonchev–Trinajstić information content (AvgIpc) is 2.84. The smallest absolute Gasteiger partial charge is 0.0521 e. The fraction of sp³-hybridized carbons (Fsp3) is 0.812. The Labute approximate surface area is 123 Å². The Morgan fingerprint density at radius 2 is 2.25 bits per heavy atom. The van der Waals surface area contributed by atoms with Crippen LogP contribution in [-0.2, 0) is 13.5 Å². The van der Waals surface area contributed by atoms with Gasteiger partial charge in [-0.3, -0.25) is 4.68 Å². The summed E-state index contributed by atoms with van der Waals surface area (Å²) in [7, 11) is 4.28. The Morgan fingerprint density at radius 1 is 1.45 bits per heavy atom. The van der Waals surface area contributed by atoms with E-state index in [0.29, 0.717) is 0 Å². The zero-order chi connectivity index (χ0) is 14.5. The van der Waals surface area contributed by atoms with Gasteiger partial charge in [-0.1, -0.05) is 6.92 Å². The highest BCUT2D eigenvalue weighted by molar-refractivity contribution is 5.03. The summed E-state index contributed by atoms with van der Waals surface area (Å²) >= 11 is 0. The van der Waals surface area contributed by atoms with Gasteiger partial charge in [-0.05, 0) is 64.9 Å². The van der Waals surface area contributed by atoms with E-state index in [1.54, 1.807) is 0 Å². The van der Waals surface area contributed by atoms with Crippen LogP contribution in [0.15, 0.2) is 12.4 Å². The molecule has 2 heterocycles. The lowest BCUT2D eigenvalue weighted by Crippen LogP contribution is -2.48. The number of aryl methyl sites for hydroxylation is 2. The van der Waals surface area contributed by atoms with Crippen molar-refractivity contribution in [2.24, 2.45) is 7.05 Å². The van der Waals surface area contributed by atoms with Crippen molar-refractivity contribution in [2.75, 3.05) is 26.7 Å². The summed E-state index contributed by atoms with van der Waals surface area (Å²) in [5, 5.41) is 4.23. The molecule has 4 heteroatoms. The first-order chi connectivity index (χ1) is 9.60. The molecule has 1 aromatic heterocycles. The van der Waals surface area contributed by atoms with Crippen molar-refractivity contribution in [1.29, 1.82) is 0 Å². The van der Waals surface area contributed by atoms with E-state index < -0.39 is 0 Å². The van der Waals surface area contributed by atoms with Gasteiger partial charge in [0.15, 0.2) is 0 Å². The summed E-state index contributed by atoms with van der Waals surface area (Å²) in [4.78, 5) is 5.17. The van der Waals surface area contributed by atoms with Crippen molar-refractivity contribution >= 4 is 0 Å². The predicted octanol–water partition coefficient (Wildman–Crippen LogP) is 2.16. The van der Waals surface area contributed by atoms with Gasteiger partial charge in [-0.15, -0.1) is 0 Å². The highest BCUT2D eigenvalue weighted by atomic mass is 15.2. The summed E-state index contributed by atoms with van der Waals surface area (Å²) in [5.41, 5.74) is 1.36. The van der Waals surface area contributed by atoms with Crippen molar-refractivity contribution < 1.29 is 0 Å². The molecule has 0 aromatic carbocycles. The van der Waals surface area contributed by atoms with E-state index in [0.717, 1.165) is 18.5 Å². The van der Waals surface area contributed by atoms with Gasteiger partial charge in [-0.25, -0.2) is 0 Å². The van der Waals surface area contributed by atoms with E-state index in [2.05, 4.69) is 42.0 Å². The first-order valence-electron chi connectivity index (χ1n) is 8.02. The molecule has 20 heavy (non-hydrogen) atoms. The third-order valence-electron chi connectivity index (χ3n) is 4.75. The summed E-state index contributed by atoms with van der Waals surface area (Å²) in [6.45, 7) is 8.29.